The second-order valence-electron chi connectivity index (χ2n) is 6.96. The molecule has 5 unspecified atom stereocenters. The lowest BCUT2D eigenvalue weighted by molar-refractivity contribution is -0.443. The highest BCUT2D eigenvalue weighted by molar-refractivity contribution is 5.69. The summed E-state index contributed by atoms with van der Waals surface area (Å²) in [5.74, 6) is -3.14. The summed E-state index contributed by atoms with van der Waals surface area (Å²) in [4.78, 5) is 57.8. The quantitative estimate of drug-likeness (QED) is 0.229. The summed E-state index contributed by atoms with van der Waals surface area (Å²) in [6.45, 7) is 3.77. The highest BCUT2D eigenvalue weighted by atomic mass is 16.7. The zero-order valence-electron chi connectivity index (χ0n) is 18.2. The molecular weight excluding hydrogens is 446 g/mol. The van der Waals surface area contributed by atoms with E-state index in [1.54, 1.807) is 0 Å². The van der Waals surface area contributed by atoms with Gasteiger partial charge in [0.05, 0.1) is 17.3 Å². The molecule has 13 nitrogen and oxygen atoms in total. The van der Waals surface area contributed by atoms with Crippen molar-refractivity contribution in [3.05, 3.63) is 40.0 Å². The van der Waals surface area contributed by atoms with E-state index in [1.807, 2.05) is 0 Å². The topological polar surface area (TPSA) is 171 Å². The van der Waals surface area contributed by atoms with Crippen LogP contribution in [-0.4, -0.2) is 65.9 Å². The van der Waals surface area contributed by atoms with Crippen LogP contribution in [0.4, 0.5) is 0 Å². The van der Waals surface area contributed by atoms with Gasteiger partial charge >= 0.3 is 23.9 Å². The van der Waals surface area contributed by atoms with Crippen molar-refractivity contribution < 1.29 is 52.2 Å². The first-order valence-electron chi connectivity index (χ1n) is 9.69. The van der Waals surface area contributed by atoms with Crippen molar-refractivity contribution in [1.29, 1.82) is 0 Å². The van der Waals surface area contributed by atoms with Gasteiger partial charge < -0.3 is 28.1 Å². The molecule has 33 heavy (non-hydrogen) atoms. The smallest absolute Gasteiger partial charge is 0.303 e. The number of nitro groups is 1. The largest absolute Gasteiger partial charge is 0.465 e. The number of ether oxygens (including phenoxy) is 5. The lowest BCUT2D eigenvalue weighted by Crippen LogP contribution is -2.63. The summed E-state index contributed by atoms with van der Waals surface area (Å²) < 4.78 is 31.6. The molecule has 0 aliphatic carbocycles. The Kier molecular flexibility index (Phi) is 8.68. The van der Waals surface area contributed by atoms with Gasteiger partial charge in [0, 0.05) is 27.7 Å². The van der Waals surface area contributed by atoms with Crippen molar-refractivity contribution in [1.82, 2.24) is 0 Å². The van der Waals surface area contributed by atoms with Gasteiger partial charge in [0.25, 0.3) is 5.70 Å². The zero-order valence-corrected chi connectivity index (χ0v) is 18.2. The van der Waals surface area contributed by atoms with Crippen LogP contribution in [-0.2, 0) is 42.9 Å². The molecule has 1 aromatic rings. The van der Waals surface area contributed by atoms with Crippen molar-refractivity contribution in [3.8, 4) is 0 Å². The molecule has 180 valence electrons. The van der Waals surface area contributed by atoms with Gasteiger partial charge in [0.15, 0.2) is 24.4 Å². The molecule has 0 spiro atoms. The predicted molar refractivity (Wildman–Crippen MR) is 106 cm³/mol. The van der Waals surface area contributed by atoms with Gasteiger partial charge in [-0.05, 0) is 12.1 Å². The van der Waals surface area contributed by atoms with Gasteiger partial charge in [-0.25, -0.2) is 0 Å². The van der Waals surface area contributed by atoms with E-state index in [4.69, 9.17) is 28.1 Å². The Morgan fingerprint density at radius 3 is 2.03 bits per heavy atom. The number of nitrogens with zero attached hydrogens (tertiary/aromatic N) is 1. The molecule has 2 heterocycles. The fourth-order valence-electron chi connectivity index (χ4n) is 3.22. The van der Waals surface area contributed by atoms with E-state index in [0.717, 1.165) is 33.8 Å². The molecule has 1 aromatic heterocycles. The van der Waals surface area contributed by atoms with Crippen LogP contribution in [0.15, 0.2) is 28.5 Å². The highest BCUT2D eigenvalue weighted by Crippen LogP contribution is 2.33. The zero-order chi connectivity index (χ0) is 24.7. The fourth-order valence-corrected chi connectivity index (χ4v) is 3.22. The van der Waals surface area contributed by atoms with Gasteiger partial charge in [-0.2, -0.15) is 0 Å². The van der Waals surface area contributed by atoms with Crippen molar-refractivity contribution in [3.63, 3.8) is 0 Å². The molecule has 0 aromatic carbocycles. The third-order valence-corrected chi connectivity index (χ3v) is 4.33. The molecule has 0 amide bonds. The van der Waals surface area contributed by atoms with E-state index in [9.17, 15) is 29.3 Å². The number of hydrogen-bond acceptors (Lipinski definition) is 12. The first-order chi connectivity index (χ1) is 15.5. The molecule has 0 radical (unpaired) electrons. The van der Waals surface area contributed by atoms with E-state index < -0.39 is 71.6 Å². The Labute approximate surface area is 187 Å². The maximum atomic E-state index is 11.9. The number of carbonyl (C=O) groups excluding carboxylic acids is 4. The van der Waals surface area contributed by atoms with Gasteiger partial charge in [-0.3, -0.25) is 29.3 Å². The average Bonchev–Trinajstić information content (AvgIpc) is 3.20. The van der Waals surface area contributed by atoms with Crippen LogP contribution in [0.2, 0.25) is 0 Å². The molecule has 5 atom stereocenters. The Morgan fingerprint density at radius 2 is 1.55 bits per heavy atom. The lowest BCUT2D eigenvalue weighted by atomic mass is 9.92. The number of hydrogen-bond donors (Lipinski definition) is 0. The molecular formula is C20H23NO12. The summed E-state index contributed by atoms with van der Waals surface area (Å²) in [6.07, 6.45) is -5.12. The van der Waals surface area contributed by atoms with Crippen molar-refractivity contribution in [2.24, 2.45) is 0 Å². The summed E-state index contributed by atoms with van der Waals surface area (Å²) in [5.41, 5.74) is -0.609. The average molecular weight is 469 g/mol. The lowest BCUT2D eigenvalue weighted by Gasteiger charge is -2.43. The molecule has 0 saturated carbocycles. The predicted octanol–water partition coefficient (Wildman–Crippen LogP) is 1.02. The summed E-state index contributed by atoms with van der Waals surface area (Å²) >= 11 is 0. The van der Waals surface area contributed by atoms with E-state index in [2.05, 4.69) is 0 Å². The van der Waals surface area contributed by atoms with Crippen LogP contribution >= 0.6 is 0 Å². The molecule has 0 bridgehead atoms. The monoisotopic (exact) mass is 469 g/mol. The third kappa shape index (κ3) is 7.14. The molecule has 2 rings (SSSR count). The molecule has 1 fully saturated rings. The minimum atomic E-state index is -1.62. The highest BCUT2D eigenvalue weighted by Gasteiger charge is 2.55. The fraction of sp³-hybridized carbons (Fsp3) is 0.500. The molecule has 13 heteroatoms. The number of carbonyl (C=O) groups is 4. The SMILES string of the molecule is CC(=O)OCC1OC(C(=Cc2ccco2)[N+](=O)[O-])C(OC(C)=O)C(OC(C)=O)C1OC(C)=O. The Bertz CT molecular complexity index is 921. The molecule has 1 aliphatic heterocycles. The summed E-state index contributed by atoms with van der Waals surface area (Å²) in [5, 5.41) is 11.9. The minimum Gasteiger partial charge on any atom is -0.465 e. The van der Waals surface area contributed by atoms with Crippen LogP contribution in [0.25, 0.3) is 6.08 Å². The van der Waals surface area contributed by atoms with E-state index in [-0.39, 0.29) is 5.76 Å². The van der Waals surface area contributed by atoms with Gasteiger partial charge in [-0.15, -0.1) is 0 Å². The van der Waals surface area contributed by atoms with E-state index >= 15 is 0 Å². The van der Waals surface area contributed by atoms with Crippen molar-refractivity contribution in [2.75, 3.05) is 6.61 Å². The first kappa shape index (κ1) is 25.5. The van der Waals surface area contributed by atoms with Crippen molar-refractivity contribution in [2.45, 2.75) is 58.2 Å². The standard InChI is InChI=1S/C20H23NO12/c1-10(22)29-9-16-18(30-11(2)23)20(32-13(4)25)19(31-12(3)24)17(33-16)15(21(26)27)8-14-6-5-7-28-14/h5-8,16-20H,9H2,1-4H3. The second-order valence-corrected chi connectivity index (χ2v) is 6.96. The van der Waals surface area contributed by atoms with Gasteiger partial charge in [-0.1, -0.05) is 0 Å². The summed E-state index contributed by atoms with van der Waals surface area (Å²) in [6, 6.07) is 2.94. The molecule has 1 saturated heterocycles. The van der Waals surface area contributed by atoms with Gasteiger partial charge in [0.1, 0.15) is 18.5 Å². The van der Waals surface area contributed by atoms with Crippen LogP contribution in [0.1, 0.15) is 33.5 Å². The Hall–Kier alpha value is -3.74. The number of furan rings is 1. The normalized spacial score (nSPS) is 25.0. The summed E-state index contributed by atoms with van der Waals surface area (Å²) in [7, 11) is 0. The maximum Gasteiger partial charge on any atom is 0.303 e. The van der Waals surface area contributed by atoms with Crippen LogP contribution in [0.3, 0.4) is 0 Å². The number of rotatable bonds is 8. The molecule has 0 N–H and O–H groups in total. The first-order valence-corrected chi connectivity index (χ1v) is 9.69. The van der Waals surface area contributed by atoms with E-state index in [1.165, 1.54) is 18.4 Å². The van der Waals surface area contributed by atoms with Crippen LogP contribution < -0.4 is 0 Å². The van der Waals surface area contributed by atoms with Crippen molar-refractivity contribution >= 4 is 30.0 Å². The molecule has 1 aliphatic rings. The van der Waals surface area contributed by atoms with E-state index in [0.29, 0.717) is 0 Å². The van der Waals surface area contributed by atoms with Crippen LogP contribution in [0.5, 0.6) is 0 Å². The van der Waals surface area contributed by atoms with Gasteiger partial charge in [0.2, 0.25) is 0 Å². The second kappa shape index (κ2) is 11.2. The minimum absolute atomic E-state index is 0.0922. The Balaban J connectivity index is 2.61. The maximum absolute atomic E-state index is 11.9. The number of esters is 4. The Morgan fingerprint density at radius 1 is 0.970 bits per heavy atom. The third-order valence-electron chi connectivity index (χ3n) is 4.33. The van der Waals surface area contributed by atoms with Crippen LogP contribution in [0, 0.1) is 10.1 Å².